The summed E-state index contributed by atoms with van der Waals surface area (Å²) in [5.74, 6) is -0.314. The minimum atomic E-state index is -0.349. The number of amides is 1. The molecular formula is C17H17FN2O2S. The molecule has 1 amide bonds. The first-order valence-corrected chi connectivity index (χ1v) is 8.35. The molecule has 1 saturated heterocycles. The molecule has 1 aliphatic heterocycles. The summed E-state index contributed by atoms with van der Waals surface area (Å²) in [7, 11) is 0. The third kappa shape index (κ3) is 3.83. The van der Waals surface area contributed by atoms with Crippen LogP contribution in [0, 0.1) is 5.82 Å². The van der Waals surface area contributed by atoms with E-state index in [4.69, 9.17) is 0 Å². The topological polar surface area (TPSA) is 40.6 Å². The number of rotatable bonds is 4. The zero-order valence-corrected chi connectivity index (χ0v) is 13.4. The molecule has 2 heterocycles. The van der Waals surface area contributed by atoms with Gasteiger partial charge in [0.25, 0.3) is 5.91 Å². The lowest BCUT2D eigenvalue weighted by molar-refractivity contribution is 0.0625. The molecular weight excluding hydrogens is 315 g/mol. The minimum Gasteiger partial charge on any atom is -0.336 e. The lowest BCUT2D eigenvalue weighted by Gasteiger charge is -2.34. The van der Waals surface area contributed by atoms with Crippen LogP contribution in [-0.4, -0.2) is 54.2 Å². The Morgan fingerprint density at radius 1 is 1.04 bits per heavy atom. The van der Waals surface area contributed by atoms with Crippen LogP contribution in [0.1, 0.15) is 20.0 Å². The summed E-state index contributed by atoms with van der Waals surface area (Å²) in [4.78, 5) is 29.0. The fraction of sp³-hybridized carbons (Fsp3) is 0.294. The van der Waals surface area contributed by atoms with Crippen molar-refractivity contribution in [3.05, 3.63) is 58.0 Å². The van der Waals surface area contributed by atoms with Crippen molar-refractivity contribution in [2.24, 2.45) is 0 Å². The largest absolute Gasteiger partial charge is 0.336 e. The van der Waals surface area contributed by atoms with Gasteiger partial charge in [0.15, 0.2) is 5.78 Å². The number of hydrogen-bond acceptors (Lipinski definition) is 4. The molecule has 1 aromatic carbocycles. The Bertz CT molecular complexity index is 677. The molecule has 0 saturated carbocycles. The van der Waals surface area contributed by atoms with Gasteiger partial charge in [0, 0.05) is 31.7 Å². The third-order valence-corrected chi connectivity index (χ3v) is 4.82. The highest BCUT2D eigenvalue weighted by Gasteiger charge is 2.23. The van der Waals surface area contributed by atoms with E-state index >= 15 is 0 Å². The van der Waals surface area contributed by atoms with Gasteiger partial charge in [0.2, 0.25) is 0 Å². The van der Waals surface area contributed by atoms with E-state index in [1.54, 1.807) is 4.90 Å². The number of nitrogens with zero attached hydrogens (tertiary/aromatic N) is 2. The Morgan fingerprint density at radius 2 is 1.74 bits per heavy atom. The lowest BCUT2D eigenvalue weighted by Crippen LogP contribution is -2.49. The number of halogens is 1. The van der Waals surface area contributed by atoms with Crippen LogP contribution < -0.4 is 0 Å². The quantitative estimate of drug-likeness (QED) is 0.808. The summed E-state index contributed by atoms with van der Waals surface area (Å²) in [6, 6.07) is 9.31. The van der Waals surface area contributed by atoms with E-state index in [9.17, 15) is 14.0 Å². The van der Waals surface area contributed by atoms with Crippen molar-refractivity contribution < 1.29 is 14.0 Å². The molecule has 1 aliphatic rings. The first-order chi connectivity index (χ1) is 11.1. The molecule has 0 radical (unpaired) electrons. The molecule has 1 aromatic heterocycles. The summed E-state index contributed by atoms with van der Waals surface area (Å²) in [6.45, 7) is 2.88. The van der Waals surface area contributed by atoms with Gasteiger partial charge >= 0.3 is 0 Å². The van der Waals surface area contributed by atoms with Crippen LogP contribution in [0.4, 0.5) is 4.39 Å². The smallest absolute Gasteiger partial charge is 0.253 e. The maximum absolute atomic E-state index is 12.9. The SMILES string of the molecule is O=C(CN1CCN(C(=O)c2ccc(F)cc2)CC1)c1cccs1. The van der Waals surface area contributed by atoms with Crippen LogP contribution in [0.2, 0.25) is 0 Å². The molecule has 0 spiro atoms. The highest BCUT2D eigenvalue weighted by atomic mass is 32.1. The molecule has 120 valence electrons. The van der Waals surface area contributed by atoms with Gasteiger partial charge in [-0.3, -0.25) is 14.5 Å². The van der Waals surface area contributed by atoms with Gasteiger partial charge in [-0.2, -0.15) is 0 Å². The summed E-state index contributed by atoms with van der Waals surface area (Å²) in [5, 5.41) is 1.90. The second kappa shape index (κ2) is 7.02. The van der Waals surface area contributed by atoms with Crippen LogP contribution in [0.15, 0.2) is 41.8 Å². The number of piperazine rings is 1. The summed E-state index contributed by atoms with van der Waals surface area (Å²) >= 11 is 1.45. The number of thiophene rings is 1. The molecule has 0 aliphatic carbocycles. The summed E-state index contributed by atoms with van der Waals surface area (Å²) in [5.41, 5.74) is 0.495. The Kier molecular flexibility index (Phi) is 4.83. The van der Waals surface area contributed by atoms with E-state index in [0.29, 0.717) is 38.3 Å². The summed E-state index contributed by atoms with van der Waals surface area (Å²) < 4.78 is 12.9. The highest BCUT2D eigenvalue weighted by Crippen LogP contribution is 2.13. The zero-order chi connectivity index (χ0) is 16.2. The van der Waals surface area contributed by atoms with Gasteiger partial charge in [-0.1, -0.05) is 6.07 Å². The Labute approximate surface area is 138 Å². The maximum atomic E-state index is 12.9. The van der Waals surface area contributed by atoms with E-state index in [1.807, 2.05) is 17.5 Å². The van der Waals surface area contributed by atoms with Gasteiger partial charge in [-0.25, -0.2) is 4.39 Å². The number of carbonyl (C=O) groups is 2. The van der Waals surface area contributed by atoms with Crippen LogP contribution in [0.3, 0.4) is 0 Å². The van der Waals surface area contributed by atoms with Crippen molar-refractivity contribution >= 4 is 23.0 Å². The van der Waals surface area contributed by atoms with Crippen molar-refractivity contribution in [3.8, 4) is 0 Å². The van der Waals surface area contributed by atoms with Gasteiger partial charge < -0.3 is 4.90 Å². The van der Waals surface area contributed by atoms with Crippen molar-refractivity contribution in [3.63, 3.8) is 0 Å². The third-order valence-electron chi connectivity index (χ3n) is 3.91. The number of carbonyl (C=O) groups excluding carboxylic acids is 2. The predicted molar refractivity (Wildman–Crippen MR) is 87.4 cm³/mol. The van der Waals surface area contributed by atoms with Crippen molar-refractivity contribution in [1.29, 1.82) is 0 Å². The second-order valence-corrected chi connectivity index (χ2v) is 6.42. The average Bonchev–Trinajstić information content (AvgIpc) is 3.10. The van der Waals surface area contributed by atoms with Gasteiger partial charge in [0.05, 0.1) is 11.4 Å². The molecule has 0 N–H and O–H groups in total. The molecule has 1 fully saturated rings. The molecule has 23 heavy (non-hydrogen) atoms. The van der Waals surface area contributed by atoms with E-state index in [2.05, 4.69) is 4.90 Å². The first kappa shape index (κ1) is 15.8. The fourth-order valence-corrected chi connectivity index (χ4v) is 3.26. The van der Waals surface area contributed by atoms with E-state index in [0.717, 1.165) is 4.88 Å². The Morgan fingerprint density at radius 3 is 2.35 bits per heavy atom. The molecule has 2 aromatic rings. The number of hydrogen-bond donors (Lipinski definition) is 0. The van der Waals surface area contributed by atoms with Crippen LogP contribution in [0.25, 0.3) is 0 Å². The first-order valence-electron chi connectivity index (χ1n) is 7.47. The second-order valence-electron chi connectivity index (χ2n) is 5.48. The van der Waals surface area contributed by atoms with Gasteiger partial charge in [-0.15, -0.1) is 11.3 Å². The zero-order valence-electron chi connectivity index (χ0n) is 12.6. The highest BCUT2D eigenvalue weighted by molar-refractivity contribution is 7.12. The molecule has 3 rings (SSSR count). The molecule has 4 nitrogen and oxygen atoms in total. The number of ketones is 1. The van der Waals surface area contributed by atoms with Gasteiger partial charge in [0.1, 0.15) is 5.82 Å². The van der Waals surface area contributed by atoms with Crippen molar-refractivity contribution in [2.75, 3.05) is 32.7 Å². The summed E-state index contributed by atoms with van der Waals surface area (Å²) in [6.07, 6.45) is 0. The van der Waals surface area contributed by atoms with E-state index in [1.165, 1.54) is 35.6 Å². The molecule has 0 unspecified atom stereocenters. The maximum Gasteiger partial charge on any atom is 0.253 e. The monoisotopic (exact) mass is 332 g/mol. The normalized spacial score (nSPS) is 15.6. The predicted octanol–water partition coefficient (Wildman–Crippen LogP) is 2.53. The lowest BCUT2D eigenvalue weighted by atomic mass is 10.1. The van der Waals surface area contributed by atoms with E-state index < -0.39 is 0 Å². The Hall–Kier alpha value is -2.05. The van der Waals surface area contributed by atoms with Gasteiger partial charge in [-0.05, 0) is 35.7 Å². The standard InChI is InChI=1S/C17H17FN2O2S/c18-14-5-3-13(4-6-14)17(22)20-9-7-19(8-10-20)12-15(21)16-2-1-11-23-16/h1-6,11H,7-10,12H2. The van der Waals surface area contributed by atoms with Crippen molar-refractivity contribution in [2.45, 2.75) is 0 Å². The molecule has 6 heteroatoms. The van der Waals surface area contributed by atoms with Crippen LogP contribution in [-0.2, 0) is 0 Å². The Balaban J connectivity index is 1.53. The number of benzene rings is 1. The molecule has 0 bridgehead atoms. The minimum absolute atomic E-state index is 0.0887. The average molecular weight is 332 g/mol. The number of Topliss-reactive ketones (excluding diaryl/α,β-unsaturated/α-hetero) is 1. The molecule has 0 atom stereocenters. The van der Waals surface area contributed by atoms with E-state index in [-0.39, 0.29) is 17.5 Å². The van der Waals surface area contributed by atoms with Crippen LogP contribution >= 0.6 is 11.3 Å². The van der Waals surface area contributed by atoms with Crippen LogP contribution in [0.5, 0.6) is 0 Å². The fourth-order valence-electron chi connectivity index (χ4n) is 2.60. The van der Waals surface area contributed by atoms with Crippen molar-refractivity contribution in [1.82, 2.24) is 9.80 Å².